The molecule has 0 spiro atoms. The number of thiazole rings is 1. The largest absolute Gasteiger partial charge is 0.365 e. The normalized spacial score (nSPS) is 10.9. The predicted molar refractivity (Wildman–Crippen MR) is 83.3 cm³/mol. The van der Waals surface area contributed by atoms with E-state index in [9.17, 15) is 0 Å². The van der Waals surface area contributed by atoms with E-state index in [1.165, 1.54) is 11.1 Å². The van der Waals surface area contributed by atoms with Crippen molar-refractivity contribution < 1.29 is 0 Å². The lowest BCUT2D eigenvalue weighted by atomic mass is 10.1. The van der Waals surface area contributed by atoms with Gasteiger partial charge in [-0.15, -0.1) is 11.3 Å². The third kappa shape index (κ3) is 2.59. The van der Waals surface area contributed by atoms with Gasteiger partial charge in [-0.3, -0.25) is 4.98 Å². The number of aryl methyl sites for hydroxylation is 1. The molecule has 0 radical (unpaired) electrons. The van der Waals surface area contributed by atoms with Crippen molar-refractivity contribution in [2.24, 2.45) is 0 Å². The van der Waals surface area contributed by atoms with Gasteiger partial charge in [-0.2, -0.15) is 0 Å². The van der Waals surface area contributed by atoms with Crippen LogP contribution in [0.4, 0.5) is 5.82 Å². The molecule has 20 heavy (non-hydrogen) atoms. The first-order valence-corrected chi connectivity index (χ1v) is 8.11. The summed E-state index contributed by atoms with van der Waals surface area (Å²) in [6, 6.07) is 2.01. The van der Waals surface area contributed by atoms with Gasteiger partial charge in [-0.25, -0.2) is 15.0 Å². The molecular formula is C13H13N5S2. The van der Waals surface area contributed by atoms with Gasteiger partial charge in [-0.05, 0) is 30.4 Å². The molecule has 0 amide bonds. The molecule has 0 saturated heterocycles. The summed E-state index contributed by atoms with van der Waals surface area (Å²) >= 11 is 3.24. The molecule has 3 heterocycles. The van der Waals surface area contributed by atoms with Crippen LogP contribution < -0.4 is 5.32 Å². The number of nitrogens with one attached hydrogen (secondary N) is 1. The van der Waals surface area contributed by atoms with Crippen molar-refractivity contribution in [2.45, 2.75) is 17.8 Å². The van der Waals surface area contributed by atoms with Crippen molar-refractivity contribution in [1.29, 1.82) is 0 Å². The monoisotopic (exact) mass is 303 g/mol. The van der Waals surface area contributed by atoms with E-state index in [4.69, 9.17) is 0 Å². The number of nitrogens with zero attached hydrogens (tertiary/aromatic N) is 4. The van der Waals surface area contributed by atoms with Crippen LogP contribution in [-0.2, 0) is 6.54 Å². The summed E-state index contributed by atoms with van der Waals surface area (Å²) < 4.78 is 2.01. The molecule has 3 aromatic heterocycles. The molecule has 1 N–H and O–H groups in total. The van der Waals surface area contributed by atoms with Gasteiger partial charge >= 0.3 is 0 Å². The first-order chi connectivity index (χ1) is 9.78. The molecule has 102 valence electrons. The number of rotatable bonds is 4. The van der Waals surface area contributed by atoms with E-state index in [0.29, 0.717) is 6.54 Å². The van der Waals surface area contributed by atoms with Gasteiger partial charge in [0.2, 0.25) is 0 Å². The quantitative estimate of drug-likeness (QED) is 0.747. The number of thioether (sulfide) groups is 1. The summed E-state index contributed by atoms with van der Waals surface area (Å²) in [6.07, 6.45) is 7.23. The Labute approximate surface area is 124 Å². The van der Waals surface area contributed by atoms with E-state index in [-0.39, 0.29) is 0 Å². The third-order valence-electron chi connectivity index (χ3n) is 2.93. The Hall–Kier alpha value is -1.73. The average Bonchev–Trinajstić information content (AvgIpc) is 2.90. The van der Waals surface area contributed by atoms with Crippen LogP contribution in [0.2, 0.25) is 0 Å². The summed E-state index contributed by atoms with van der Waals surface area (Å²) in [6.45, 7) is 2.77. The summed E-state index contributed by atoms with van der Waals surface area (Å²) in [5.41, 5.74) is 3.13. The fourth-order valence-corrected chi connectivity index (χ4v) is 3.31. The molecule has 0 atom stereocenters. The van der Waals surface area contributed by atoms with Gasteiger partial charge in [0, 0.05) is 18.9 Å². The Morgan fingerprint density at radius 3 is 3.05 bits per heavy atom. The highest BCUT2D eigenvalue weighted by Crippen LogP contribution is 2.31. The highest BCUT2D eigenvalue weighted by Gasteiger charge is 2.10. The lowest BCUT2D eigenvalue weighted by Gasteiger charge is -2.07. The molecule has 0 aromatic carbocycles. The van der Waals surface area contributed by atoms with Gasteiger partial charge < -0.3 is 5.32 Å². The predicted octanol–water partition coefficient (Wildman–Crippen LogP) is 3.12. The first-order valence-electron chi connectivity index (χ1n) is 6.07. The number of fused-ring (bicyclic) bond motifs is 1. The van der Waals surface area contributed by atoms with Crippen molar-refractivity contribution >= 4 is 39.3 Å². The van der Waals surface area contributed by atoms with Gasteiger partial charge in [0.15, 0.2) is 9.99 Å². The zero-order valence-corrected chi connectivity index (χ0v) is 12.8. The number of hydrogen-bond donors (Lipinski definition) is 1. The first kappa shape index (κ1) is 13.3. The van der Waals surface area contributed by atoms with Crippen molar-refractivity contribution in [3.8, 4) is 0 Å². The van der Waals surface area contributed by atoms with Crippen LogP contribution in [0.1, 0.15) is 11.1 Å². The number of hydrogen-bond acceptors (Lipinski definition) is 7. The maximum Gasteiger partial charge on any atom is 0.176 e. The maximum absolute atomic E-state index is 4.44. The third-order valence-corrected chi connectivity index (χ3v) is 4.97. The number of aromatic nitrogens is 4. The maximum atomic E-state index is 4.44. The van der Waals surface area contributed by atoms with Gasteiger partial charge in [0.25, 0.3) is 0 Å². The molecule has 3 aromatic rings. The minimum atomic E-state index is 0.715. The van der Waals surface area contributed by atoms with Crippen molar-refractivity contribution in [3.63, 3.8) is 0 Å². The fourth-order valence-electron chi connectivity index (χ4n) is 1.83. The standard InChI is InChI=1S/C13H13N5S2/c1-8-5-14-4-3-9(8)6-15-11-10-12(17-7-16-11)18-13(19-2)20-10/h3-5,7H,6H2,1-2H3,(H,15,16,17). The van der Waals surface area contributed by atoms with Gasteiger partial charge in [-0.1, -0.05) is 11.8 Å². The molecule has 0 aliphatic heterocycles. The average molecular weight is 303 g/mol. The Kier molecular flexibility index (Phi) is 3.79. The minimum Gasteiger partial charge on any atom is -0.365 e. The van der Waals surface area contributed by atoms with Crippen LogP contribution in [0, 0.1) is 6.92 Å². The smallest absolute Gasteiger partial charge is 0.176 e. The molecule has 0 bridgehead atoms. The van der Waals surface area contributed by atoms with E-state index < -0.39 is 0 Å². The van der Waals surface area contributed by atoms with E-state index in [1.54, 1.807) is 35.6 Å². The minimum absolute atomic E-state index is 0.715. The molecular weight excluding hydrogens is 290 g/mol. The van der Waals surface area contributed by atoms with Crippen molar-refractivity contribution in [1.82, 2.24) is 19.9 Å². The van der Waals surface area contributed by atoms with Crippen LogP contribution in [0.15, 0.2) is 29.1 Å². The van der Waals surface area contributed by atoms with E-state index in [1.807, 2.05) is 18.5 Å². The highest BCUT2D eigenvalue weighted by atomic mass is 32.2. The molecule has 0 saturated carbocycles. The van der Waals surface area contributed by atoms with E-state index >= 15 is 0 Å². The van der Waals surface area contributed by atoms with Crippen LogP contribution in [0.5, 0.6) is 0 Å². The molecule has 0 aliphatic rings. The highest BCUT2D eigenvalue weighted by molar-refractivity contribution is 8.00. The van der Waals surface area contributed by atoms with E-state index in [0.717, 1.165) is 20.5 Å². The Morgan fingerprint density at radius 2 is 2.25 bits per heavy atom. The van der Waals surface area contributed by atoms with Crippen LogP contribution in [-0.4, -0.2) is 26.2 Å². The molecule has 7 heteroatoms. The Bertz CT molecular complexity index is 740. The SMILES string of the molecule is CSc1nc2ncnc(NCc3ccncc3C)c2s1. The number of anilines is 1. The number of pyridine rings is 1. The van der Waals surface area contributed by atoms with E-state index in [2.05, 4.69) is 32.2 Å². The van der Waals surface area contributed by atoms with Crippen molar-refractivity contribution in [2.75, 3.05) is 11.6 Å². The topological polar surface area (TPSA) is 63.6 Å². The second-order valence-electron chi connectivity index (χ2n) is 4.21. The molecule has 0 unspecified atom stereocenters. The zero-order chi connectivity index (χ0) is 13.9. The Balaban J connectivity index is 1.87. The van der Waals surface area contributed by atoms with Crippen LogP contribution in [0.3, 0.4) is 0 Å². The molecule has 3 rings (SSSR count). The zero-order valence-electron chi connectivity index (χ0n) is 11.1. The lowest BCUT2D eigenvalue weighted by molar-refractivity contribution is 1.06. The second-order valence-corrected chi connectivity index (χ2v) is 6.27. The van der Waals surface area contributed by atoms with Gasteiger partial charge in [0.05, 0.1) is 0 Å². The molecule has 0 fully saturated rings. The van der Waals surface area contributed by atoms with Crippen LogP contribution >= 0.6 is 23.1 Å². The second kappa shape index (κ2) is 5.72. The Morgan fingerprint density at radius 1 is 1.35 bits per heavy atom. The summed E-state index contributed by atoms with van der Waals surface area (Å²) in [4.78, 5) is 17.1. The van der Waals surface area contributed by atoms with Crippen LogP contribution in [0.25, 0.3) is 10.3 Å². The lowest BCUT2D eigenvalue weighted by Crippen LogP contribution is -2.03. The summed E-state index contributed by atoms with van der Waals surface area (Å²) in [5, 5.41) is 3.36. The molecule has 0 aliphatic carbocycles. The summed E-state index contributed by atoms with van der Waals surface area (Å²) in [7, 11) is 0. The summed E-state index contributed by atoms with van der Waals surface area (Å²) in [5.74, 6) is 0.837. The van der Waals surface area contributed by atoms with Gasteiger partial charge in [0.1, 0.15) is 16.8 Å². The molecule has 5 nitrogen and oxygen atoms in total. The van der Waals surface area contributed by atoms with Crippen molar-refractivity contribution in [3.05, 3.63) is 35.9 Å². The fraction of sp³-hybridized carbons (Fsp3) is 0.231.